The van der Waals surface area contributed by atoms with Crippen LogP contribution < -0.4 is 38.5 Å². The third-order valence-corrected chi connectivity index (χ3v) is 6.67. The number of halogens is 1. The highest BCUT2D eigenvalue weighted by Gasteiger charge is 2.21. The highest BCUT2D eigenvalue weighted by atomic mass is 79.9. The number of hydrogen-bond acceptors (Lipinski definition) is 9. The summed E-state index contributed by atoms with van der Waals surface area (Å²) in [4.78, 5) is 13.0. The minimum Gasteiger partial charge on any atom is -0.495 e. The van der Waals surface area contributed by atoms with Crippen LogP contribution >= 0.6 is 15.9 Å². The molecule has 0 aliphatic carbocycles. The van der Waals surface area contributed by atoms with E-state index in [4.69, 9.17) is 33.2 Å². The summed E-state index contributed by atoms with van der Waals surface area (Å²) in [7, 11) is 10.8. The van der Waals surface area contributed by atoms with Crippen molar-refractivity contribution in [2.45, 2.75) is 0 Å². The predicted molar refractivity (Wildman–Crippen MR) is 159 cm³/mol. The second kappa shape index (κ2) is 14.2. The van der Waals surface area contributed by atoms with Crippen LogP contribution in [0.4, 0.5) is 5.69 Å². The number of rotatable bonds is 13. The molecule has 0 aromatic heterocycles. The van der Waals surface area contributed by atoms with Crippen LogP contribution in [0.2, 0.25) is 0 Å². The molecule has 0 heterocycles. The number of carbonyl (C=O) groups is 1. The maximum atomic E-state index is 13.0. The summed E-state index contributed by atoms with van der Waals surface area (Å²) < 4.78 is 38.4. The molecule has 10 heteroatoms. The van der Waals surface area contributed by atoms with E-state index in [2.05, 4.69) is 21.2 Å². The van der Waals surface area contributed by atoms with Crippen molar-refractivity contribution in [3.05, 3.63) is 69.8 Å². The van der Waals surface area contributed by atoms with Crippen molar-refractivity contribution in [3.63, 3.8) is 0 Å². The lowest BCUT2D eigenvalue weighted by molar-refractivity contribution is 0.104. The molecule has 212 valence electrons. The highest BCUT2D eigenvalue weighted by Crippen LogP contribution is 2.45. The van der Waals surface area contributed by atoms with Crippen molar-refractivity contribution < 1.29 is 38.0 Å². The SMILES string of the molecule is COc1ccc(/C=C\c2cc(OC)c(OC)c(OC)c2)cc1N/C=C\C(=O)c1cc(OC)c(OC)c(OC)c1Br. The van der Waals surface area contributed by atoms with E-state index in [-0.39, 0.29) is 5.78 Å². The van der Waals surface area contributed by atoms with E-state index in [1.807, 2.05) is 42.5 Å². The molecule has 0 aliphatic heterocycles. The molecular formula is C30H32BrNO8. The first-order chi connectivity index (χ1) is 19.3. The first-order valence-corrected chi connectivity index (χ1v) is 12.8. The average molecular weight is 614 g/mol. The number of anilines is 1. The van der Waals surface area contributed by atoms with Gasteiger partial charge >= 0.3 is 0 Å². The molecule has 0 bridgehead atoms. The molecule has 0 spiro atoms. The van der Waals surface area contributed by atoms with Gasteiger partial charge in [0.15, 0.2) is 28.8 Å². The Morgan fingerprint density at radius 1 is 0.650 bits per heavy atom. The quantitative estimate of drug-likeness (QED) is 0.132. The van der Waals surface area contributed by atoms with Gasteiger partial charge in [0, 0.05) is 17.8 Å². The largest absolute Gasteiger partial charge is 0.495 e. The summed E-state index contributed by atoms with van der Waals surface area (Å²) in [6, 6.07) is 11.0. The van der Waals surface area contributed by atoms with E-state index < -0.39 is 0 Å². The minimum atomic E-state index is -0.281. The number of benzene rings is 3. The third-order valence-electron chi connectivity index (χ3n) is 5.89. The average Bonchev–Trinajstić information content (AvgIpc) is 2.98. The summed E-state index contributed by atoms with van der Waals surface area (Å²) in [5, 5.41) is 3.13. The number of methoxy groups -OCH3 is 7. The van der Waals surface area contributed by atoms with Crippen molar-refractivity contribution in [2.75, 3.05) is 55.1 Å². The Hall–Kier alpha value is -4.31. The van der Waals surface area contributed by atoms with Gasteiger partial charge in [0.2, 0.25) is 11.5 Å². The van der Waals surface area contributed by atoms with Gasteiger partial charge < -0.3 is 38.5 Å². The second-order valence-electron chi connectivity index (χ2n) is 8.10. The van der Waals surface area contributed by atoms with Gasteiger partial charge in [0.1, 0.15) is 5.75 Å². The molecular weight excluding hydrogens is 582 g/mol. The first kappa shape index (κ1) is 30.2. The van der Waals surface area contributed by atoms with E-state index in [9.17, 15) is 4.79 Å². The molecule has 0 saturated carbocycles. The maximum absolute atomic E-state index is 13.0. The summed E-state index contributed by atoms with van der Waals surface area (Å²) in [5.74, 6) is 3.10. The van der Waals surface area contributed by atoms with Gasteiger partial charge in [0.25, 0.3) is 0 Å². The second-order valence-corrected chi connectivity index (χ2v) is 8.89. The third kappa shape index (κ3) is 6.63. The van der Waals surface area contributed by atoms with Crippen molar-refractivity contribution in [2.24, 2.45) is 0 Å². The van der Waals surface area contributed by atoms with Gasteiger partial charge in [-0.15, -0.1) is 0 Å². The van der Waals surface area contributed by atoms with Crippen LogP contribution in [0.5, 0.6) is 40.2 Å². The van der Waals surface area contributed by atoms with Crippen molar-refractivity contribution in [3.8, 4) is 40.2 Å². The van der Waals surface area contributed by atoms with E-state index in [1.54, 1.807) is 40.7 Å². The van der Waals surface area contributed by atoms with Gasteiger partial charge in [-0.1, -0.05) is 18.2 Å². The molecule has 0 saturated heterocycles. The molecule has 0 aliphatic rings. The van der Waals surface area contributed by atoms with Crippen LogP contribution in [0.25, 0.3) is 12.2 Å². The molecule has 0 fully saturated rings. The van der Waals surface area contributed by atoms with Gasteiger partial charge in [0.05, 0.1) is 59.9 Å². The number of ketones is 1. The normalized spacial score (nSPS) is 10.9. The lowest BCUT2D eigenvalue weighted by Gasteiger charge is -2.15. The molecule has 1 N–H and O–H groups in total. The zero-order chi connectivity index (χ0) is 29.2. The van der Waals surface area contributed by atoms with Crippen LogP contribution in [0.1, 0.15) is 21.5 Å². The molecule has 0 unspecified atom stereocenters. The maximum Gasteiger partial charge on any atom is 0.204 e. The van der Waals surface area contributed by atoms with Crippen LogP contribution in [0.3, 0.4) is 0 Å². The van der Waals surface area contributed by atoms with Crippen LogP contribution in [0.15, 0.2) is 53.1 Å². The van der Waals surface area contributed by atoms with Gasteiger partial charge in [-0.05, 0) is 57.4 Å². The predicted octanol–water partition coefficient (Wildman–Crippen LogP) is 6.49. The lowest BCUT2D eigenvalue weighted by atomic mass is 10.1. The number of allylic oxidation sites excluding steroid dienone is 1. The topological polar surface area (TPSA) is 93.7 Å². The molecule has 40 heavy (non-hydrogen) atoms. The Balaban J connectivity index is 1.85. The van der Waals surface area contributed by atoms with E-state index in [1.165, 1.54) is 27.4 Å². The lowest BCUT2D eigenvalue weighted by Crippen LogP contribution is -2.03. The Kier molecular flexibility index (Phi) is 10.7. The number of hydrogen-bond donors (Lipinski definition) is 1. The van der Waals surface area contributed by atoms with Crippen molar-refractivity contribution >= 4 is 39.6 Å². The zero-order valence-corrected chi connectivity index (χ0v) is 25.0. The molecule has 0 amide bonds. The number of ether oxygens (including phenoxy) is 7. The standard InChI is InChI=1S/C30H32BrNO8/c1-34-23-11-10-18(8-9-19-15-24(35-2)28(38-5)25(16-19)36-3)14-21(23)32-13-12-22(33)20-17-26(37-4)29(39-6)30(40-7)27(20)31/h8-17,32H,1-7H3/b9-8-,13-12-. The van der Waals surface area contributed by atoms with E-state index in [0.717, 1.165) is 11.1 Å². The molecule has 9 nitrogen and oxygen atoms in total. The smallest absolute Gasteiger partial charge is 0.204 e. The molecule has 3 aromatic rings. The first-order valence-electron chi connectivity index (χ1n) is 12.0. The van der Waals surface area contributed by atoms with E-state index >= 15 is 0 Å². The Morgan fingerprint density at radius 2 is 1.20 bits per heavy atom. The Bertz CT molecular complexity index is 1390. The number of nitrogens with one attached hydrogen (secondary N) is 1. The summed E-state index contributed by atoms with van der Waals surface area (Å²) >= 11 is 3.44. The molecule has 3 rings (SSSR count). The van der Waals surface area contributed by atoms with Crippen molar-refractivity contribution in [1.29, 1.82) is 0 Å². The highest BCUT2D eigenvalue weighted by molar-refractivity contribution is 9.10. The fourth-order valence-corrected chi connectivity index (χ4v) is 4.58. The molecule has 0 radical (unpaired) electrons. The van der Waals surface area contributed by atoms with Crippen molar-refractivity contribution in [1.82, 2.24) is 0 Å². The fraction of sp³-hybridized carbons (Fsp3) is 0.233. The Labute approximate surface area is 242 Å². The summed E-state index contributed by atoms with van der Waals surface area (Å²) in [5.41, 5.74) is 2.77. The van der Waals surface area contributed by atoms with Gasteiger partial charge in [-0.2, -0.15) is 0 Å². The summed E-state index contributed by atoms with van der Waals surface area (Å²) in [6.07, 6.45) is 6.82. The monoisotopic (exact) mass is 613 g/mol. The molecule has 3 aromatic carbocycles. The Morgan fingerprint density at radius 3 is 1.75 bits per heavy atom. The van der Waals surface area contributed by atoms with Crippen LogP contribution in [-0.2, 0) is 0 Å². The minimum absolute atomic E-state index is 0.281. The van der Waals surface area contributed by atoms with Gasteiger partial charge in [-0.25, -0.2) is 0 Å². The summed E-state index contributed by atoms with van der Waals surface area (Å²) in [6.45, 7) is 0. The van der Waals surface area contributed by atoms with Gasteiger partial charge in [-0.3, -0.25) is 4.79 Å². The number of carbonyl (C=O) groups excluding carboxylic acids is 1. The van der Waals surface area contributed by atoms with E-state index in [0.29, 0.717) is 56.0 Å². The molecule has 0 atom stereocenters. The van der Waals surface area contributed by atoms with Crippen LogP contribution in [-0.4, -0.2) is 55.6 Å². The fourth-order valence-electron chi connectivity index (χ4n) is 3.93. The van der Waals surface area contributed by atoms with Crippen LogP contribution in [0, 0.1) is 0 Å². The zero-order valence-electron chi connectivity index (χ0n) is 23.4.